The van der Waals surface area contributed by atoms with Crippen LogP contribution >= 0.6 is 11.6 Å². The van der Waals surface area contributed by atoms with Gasteiger partial charge in [0.2, 0.25) is 5.89 Å². The van der Waals surface area contributed by atoms with Gasteiger partial charge in [0.05, 0.1) is 0 Å². The van der Waals surface area contributed by atoms with Gasteiger partial charge in [0, 0.05) is 10.9 Å². The molecule has 1 atom stereocenters. The number of allylic oxidation sites excluding steroid dienone is 1. The van der Waals surface area contributed by atoms with Crippen molar-refractivity contribution in [1.82, 2.24) is 4.98 Å². The molecule has 3 aromatic rings. The summed E-state index contributed by atoms with van der Waals surface area (Å²) in [7, 11) is 0. The molecule has 0 N–H and O–H groups in total. The Morgan fingerprint density at radius 3 is 2.72 bits per heavy atom. The monoisotopic (exact) mass is 353 g/mol. The number of nitrogens with zero attached hydrogens (tertiary/aromatic N) is 1. The van der Waals surface area contributed by atoms with Crippen LogP contribution in [0.4, 0.5) is 0 Å². The Hall–Kier alpha value is -2.52. The summed E-state index contributed by atoms with van der Waals surface area (Å²) in [6, 6.07) is 17.7. The minimum atomic E-state index is -0.00115. The molecule has 25 heavy (non-hydrogen) atoms. The number of rotatable bonds is 6. The molecule has 3 rings (SSSR count). The topological polar surface area (TPSA) is 35.3 Å². The number of benzene rings is 2. The Morgan fingerprint density at radius 2 is 1.96 bits per heavy atom. The van der Waals surface area contributed by atoms with Gasteiger partial charge in [0.25, 0.3) is 0 Å². The lowest BCUT2D eigenvalue weighted by atomic mass is 10.2. The summed E-state index contributed by atoms with van der Waals surface area (Å²) in [6.45, 7) is 4.19. The molecule has 4 heteroatoms. The number of halogens is 1. The number of aryl methyl sites for hydroxylation is 1. The quantitative estimate of drug-likeness (QED) is 0.520. The van der Waals surface area contributed by atoms with Gasteiger partial charge in [-0.25, -0.2) is 4.98 Å². The number of hydrogen-bond donors (Lipinski definition) is 0. The van der Waals surface area contributed by atoms with Gasteiger partial charge in [0.15, 0.2) is 0 Å². The maximum Gasteiger partial charge on any atom is 0.226 e. The second kappa shape index (κ2) is 8.04. The maximum absolute atomic E-state index is 5.94. The van der Waals surface area contributed by atoms with Crippen molar-refractivity contribution in [3.8, 4) is 17.2 Å². The van der Waals surface area contributed by atoms with Gasteiger partial charge in [-0.3, -0.25) is 0 Å². The Morgan fingerprint density at radius 1 is 1.16 bits per heavy atom. The van der Waals surface area contributed by atoms with Crippen LogP contribution in [0.15, 0.2) is 65.1 Å². The van der Waals surface area contributed by atoms with Crippen LogP contribution in [0.3, 0.4) is 0 Å². The number of aromatic nitrogens is 1. The van der Waals surface area contributed by atoms with Crippen LogP contribution in [0.5, 0.6) is 5.75 Å². The Balaban J connectivity index is 1.70. The fraction of sp³-hybridized carbons (Fsp3) is 0.190. The van der Waals surface area contributed by atoms with Gasteiger partial charge in [0.1, 0.15) is 23.8 Å². The zero-order valence-corrected chi connectivity index (χ0v) is 15.0. The first-order chi connectivity index (χ1) is 12.1. The minimum absolute atomic E-state index is 0.00115. The first-order valence-corrected chi connectivity index (χ1v) is 8.62. The van der Waals surface area contributed by atoms with Crippen molar-refractivity contribution in [1.29, 1.82) is 0 Å². The van der Waals surface area contributed by atoms with Gasteiger partial charge in [-0.2, -0.15) is 0 Å². The highest BCUT2D eigenvalue weighted by Gasteiger charge is 2.11. The summed E-state index contributed by atoms with van der Waals surface area (Å²) in [5.41, 5.74) is 2.81. The van der Waals surface area contributed by atoms with E-state index >= 15 is 0 Å². The highest BCUT2D eigenvalue weighted by atomic mass is 35.5. The summed E-state index contributed by atoms with van der Waals surface area (Å²) in [6.07, 6.45) is 3.92. The molecule has 0 amide bonds. The predicted octanol–water partition coefficient (Wildman–Crippen LogP) is 5.87. The molecule has 128 valence electrons. The second-order valence-electron chi connectivity index (χ2n) is 5.79. The van der Waals surface area contributed by atoms with Crippen molar-refractivity contribution < 1.29 is 9.15 Å². The molecule has 0 fully saturated rings. The van der Waals surface area contributed by atoms with Gasteiger partial charge >= 0.3 is 0 Å². The fourth-order valence-corrected chi connectivity index (χ4v) is 2.44. The van der Waals surface area contributed by atoms with Crippen LogP contribution < -0.4 is 4.74 Å². The molecule has 0 aliphatic heterocycles. The molecule has 1 aromatic heterocycles. The summed E-state index contributed by atoms with van der Waals surface area (Å²) in [5.74, 6) is 2.17. The molecule has 0 spiro atoms. The minimum Gasteiger partial charge on any atom is -0.487 e. The highest BCUT2D eigenvalue weighted by molar-refractivity contribution is 6.21. The first-order valence-electron chi connectivity index (χ1n) is 8.18. The molecular formula is C21H20ClNO2. The molecular weight excluding hydrogens is 334 g/mol. The van der Waals surface area contributed by atoms with E-state index in [9.17, 15) is 0 Å². The van der Waals surface area contributed by atoms with E-state index in [1.54, 1.807) is 0 Å². The molecule has 0 bridgehead atoms. The molecule has 3 nitrogen and oxygen atoms in total. The van der Waals surface area contributed by atoms with E-state index in [1.165, 1.54) is 0 Å². The number of oxazole rings is 1. The van der Waals surface area contributed by atoms with Crippen LogP contribution in [0.1, 0.15) is 23.9 Å². The highest BCUT2D eigenvalue weighted by Crippen LogP contribution is 2.23. The second-order valence-corrected chi connectivity index (χ2v) is 6.47. The average molecular weight is 354 g/mol. The van der Waals surface area contributed by atoms with Crippen molar-refractivity contribution in [2.75, 3.05) is 0 Å². The van der Waals surface area contributed by atoms with Gasteiger partial charge in [-0.1, -0.05) is 42.5 Å². The zero-order valence-electron chi connectivity index (χ0n) is 14.3. The van der Waals surface area contributed by atoms with Crippen LogP contribution in [0.2, 0.25) is 0 Å². The van der Waals surface area contributed by atoms with Crippen LogP contribution in [-0.2, 0) is 6.61 Å². The first kappa shape index (κ1) is 17.3. The van der Waals surface area contributed by atoms with Crippen LogP contribution in [0.25, 0.3) is 17.5 Å². The smallest absolute Gasteiger partial charge is 0.226 e. The molecule has 0 aliphatic rings. The third-order valence-corrected chi connectivity index (χ3v) is 3.85. The molecule has 1 heterocycles. The predicted molar refractivity (Wildman–Crippen MR) is 102 cm³/mol. The lowest BCUT2D eigenvalue weighted by Crippen LogP contribution is -1.97. The van der Waals surface area contributed by atoms with E-state index in [4.69, 9.17) is 20.8 Å². The zero-order chi connectivity index (χ0) is 17.6. The van der Waals surface area contributed by atoms with Gasteiger partial charge in [-0.05, 0) is 43.7 Å². The van der Waals surface area contributed by atoms with E-state index in [-0.39, 0.29) is 5.38 Å². The Kier molecular flexibility index (Phi) is 5.56. The molecule has 0 saturated heterocycles. The van der Waals surface area contributed by atoms with Crippen molar-refractivity contribution >= 4 is 17.7 Å². The average Bonchev–Trinajstić information content (AvgIpc) is 3.00. The van der Waals surface area contributed by atoms with Crippen LogP contribution in [-0.4, -0.2) is 10.4 Å². The summed E-state index contributed by atoms with van der Waals surface area (Å²) in [4.78, 5) is 4.55. The maximum atomic E-state index is 5.94. The summed E-state index contributed by atoms with van der Waals surface area (Å²) in [5, 5.41) is -0.00115. The summed E-state index contributed by atoms with van der Waals surface area (Å²) >= 11 is 5.94. The fourth-order valence-electron chi connectivity index (χ4n) is 2.37. The number of hydrogen-bond acceptors (Lipinski definition) is 3. The van der Waals surface area contributed by atoms with E-state index in [0.717, 1.165) is 28.3 Å². The molecule has 0 saturated carbocycles. The lowest BCUT2D eigenvalue weighted by Gasteiger charge is -2.05. The standard InChI is InChI=1S/C21H20ClNO2/c1-15(22)11-12-17-7-6-10-19(13-17)24-14-20-16(2)25-21(23-20)18-8-4-3-5-9-18/h3-13,15H,14H2,1-2H3/b12-11+. The van der Waals surface area contributed by atoms with E-state index in [1.807, 2.05) is 80.6 Å². The normalized spacial score (nSPS) is 12.4. The molecule has 2 aromatic carbocycles. The number of ether oxygens (including phenoxy) is 1. The SMILES string of the molecule is Cc1oc(-c2ccccc2)nc1COc1cccc(/C=C/C(C)Cl)c1. The molecule has 0 radical (unpaired) electrons. The number of alkyl halides is 1. The molecule has 0 aliphatic carbocycles. The largest absolute Gasteiger partial charge is 0.487 e. The van der Waals surface area contributed by atoms with Crippen LogP contribution in [0, 0.1) is 6.92 Å². The van der Waals surface area contributed by atoms with Crippen molar-refractivity contribution in [3.05, 3.63) is 77.7 Å². The van der Waals surface area contributed by atoms with Crippen molar-refractivity contribution in [2.45, 2.75) is 25.8 Å². The van der Waals surface area contributed by atoms with Gasteiger partial charge in [-0.15, -0.1) is 11.6 Å². The Bertz CT molecular complexity index is 853. The Labute approximate surface area is 152 Å². The van der Waals surface area contributed by atoms with Crippen molar-refractivity contribution in [3.63, 3.8) is 0 Å². The van der Waals surface area contributed by atoms with Gasteiger partial charge < -0.3 is 9.15 Å². The third kappa shape index (κ3) is 4.74. The lowest BCUT2D eigenvalue weighted by molar-refractivity contribution is 0.299. The van der Waals surface area contributed by atoms with E-state index in [2.05, 4.69) is 4.98 Å². The third-order valence-electron chi connectivity index (χ3n) is 3.70. The van der Waals surface area contributed by atoms with Crippen molar-refractivity contribution in [2.24, 2.45) is 0 Å². The van der Waals surface area contributed by atoms with E-state index < -0.39 is 0 Å². The molecule has 1 unspecified atom stereocenters. The summed E-state index contributed by atoms with van der Waals surface area (Å²) < 4.78 is 11.6. The van der Waals surface area contributed by atoms with E-state index in [0.29, 0.717) is 12.5 Å².